The fourth-order valence-electron chi connectivity index (χ4n) is 2.17. The highest BCUT2D eigenvalue weighted by molar-refractivity contribution is 5.82. The number of ether oxygens (including phenoxy) is 2. The molecule has 3 N–H and O–H groups in total. The summed E-state index contributed by atoms with van der Waals surface area (Å²) >= 11 is 0. The molecule has 1 aromatic rings. The van der Waals surface area contributed by atoms with E-state index in [0.29, 0.717) is 13.2 Å². The van der Waals surface area contributed by atoms with E-state index in [2.05, 4.69) is 17.0 Å². The summed E-state index contributed by atoms with van der Waals surface area (Å²) in [6.07, 6.45) is 0.735. The van der Waals surface area contributed by atoms with E-state index in [9.17, 15) is 0 Å². The van der Waals surface area contributed by atoms with Gasteiger partial charge in [-0.1, -0.05) is 12.1 Å². The van der Waals surface area contributed by atoms with Crippen molar-refractivity contribution in [2.24, 2.45) is 5.73 Å². The number of amidine groups is 1. The predicted octanol–water partition coefficient (Wildman–Crippen LogP) is 0.874. The second-order valence-electron chi connectivity index (χ2n) is 4.71. The van der Waals surface area contributed by atoms with Crippen LogP contribution in [0.4, 0.5) is 0 Å². The van der Waals surface area contributed by atoms with Crippen molar-refractivity contribution in [3.8, 4) is 5.75 Å². The monoisotopic (exact) mass is 263 g/mol. The van der Waals surface area contributed by atoms with Crippen molar-refractivity contribution >= 4 is 5.84 Å². The fraction of sp³-hybridized carbons (Fsp3) is 0.500. The van der Waals surface area contributed by atoms with Crippen LogP contribution in [0.2, 0.25) is 0 Å². The van der Waals surface area contributed by atoms with Gasteiger partial charge in [0, 0.05) is 19.6 Å². The summed E-state index contributed by atoms with van der Waals surface area (Å²) in [6.45, 7) is 3.22. The van der Waals surface area contributed by atoms with Gasteiger partial charge in [-0.3, -0.25) is 10.3 Å². The van der Waals surface area contributed by atoms with Crippen LogP contribution in [0.5, 0.6) is 5.75 Å². The van der Waals surface area contributed by atoms with Gasteiger partial charge >= 0.3 is 0 Å². The second-order valence-corrected chi connectivity index (χ2v) is 4.71. The third-order valence-corrected chi connectivity index (χ3v) is 3.37. The van der Waals surface area contributed by atoms with Crippen molar-refractivity contribution in [2.45, 2.75) is 12.5 Å². The maximum Gasteiger partial charge on any atom is 0.127 e. The van der Waals surface area contributed by atoms with Crippen LogP contribution < -0.4 is 10.5 Å². The van der Waals surface area contributed by atoms with Gasteiger partial charge < -0.3 is 15.2 Å². The summed E-state index contributed by atoms with van der Waals surface area (Å²) in [5.74, 6) is 1.00. The Balaban J connectivity index is 1.82. The predicted molar refractivity (Wildman–Crippen MR) is 74.8 cm³/mol. The van der Waals surface area contributed by atoms with Gasteiger partial charge in [0.05, 0.1) is 13.7 Å². The Morgan fingerprint density at radius 1 is 1.47 bits per heavy atom. The molecule has 1 fully saturated rings. The normalized spacial score (nSPS) is 20.2. The van der Waals surface area contributed by atoms with Gasteiger partial charge in [-0.15, -0.1) is 0 Å². The van der Waals surface area contributed by atoms with Gasteiger partial charge in [-0.05, 0) is 24.1 Å². The molecule has 1 atom stereocenters. The van der Waals surface area contributed by atoms with Crippen LogP contribution in [0.15, 0.2) is 24.3 Å². The minimum atomic E-state index is -0.246. The smallest absolute Gasteiger partial charge is 0.127 e. The zero-order valence-corrected chi connectivity index (χ0v) is 11.3. The summed E-state index contributed by atoms with van der Waals surface area (Å²) in [5, 5.41) is 7.43. The molecule has 1 aromatic carbocycles. The van der Waals surface area contributed by atoms with E-state index in [1.807, 2.05) is 12.1 Å². The number of nitrogens with zero attached hydrogens (tertiary/aromatic N) is 1. The molecule has 0 aromatic heterocycles. The van der Waals surface area contributed by atoms with Crippen molar-refractivity contribution in [3.05, 3.63) is 29.8 Å². The fourth-order valence-corrected chi connectivity index (χ4v) is 2.17. The maximum absolute atomic E-state index is 7.43. The van der Waals surface area contributed by atoms with Crippen LogP contribution in [0.3, 0.4) is 0 Å². The second kappa shape index (κ2) is 6.54. The highest BCUT2D eigenvalue weighted by Gasteiger charge is 2.22. The zero-order valence-electron chi connectivity index (χ0n) is 11.3. The van der Waals surface area contributed by atoms with Crippen LogP contribution in [-0.2, 0) is 11.2 Å². The van der Waals surface area contributed by atoms with E-state index >= 15 is 0 Å². The highest BCUT2D eigenvalue weighted by atomic mass is 16.5. The number of rotatable bonds is 5. The summed E-state index contributed by atoms with van der Waals surface area (Å²) < 4.78 is 10.6. The van der Waals surface area contributed by atoms with Gasteiger partial charge in [-0.25, -0.2) is 0 Å². The van der Waals surface area contributed by atoms with Gasteiger partial charge in [-0.2, -0.15) is 0 Å². The van der Waals surface area contributed by atoms with Crippen LogP contribution in [-0.4, -0.2) is 50.2 Å². The number of nitrogens with one attached hydrogen (secondary N) is 1. The minimum Gasteiger partial charge on any atom is -0.497 e. The third kappa shape index (κ3) is 3.94. The first-order valence-electron chi connectivity index (χ1n) is 6.50. The molecule has 0 saturated carbocycles. The Hall–Kier alpha value is -1.59. The molecule has 1 unspecified atom stereocenters. The number of hydrogen-bond donors (Lipinski definition) is 2. The molecule has 0 bridgehead atoms. The van der Waals surface area contributed by atoms with Crippen molar-refractivity contribution in [1.82, 2.24) is 4.90 Å². The van der Waals surface area contributed by atoms with Crippen LogP contribution in [0, 0.1) is 5.41 Å². The van der Waals surface area contributed by atoms with Gasteiger partial charge in [0.25, 0.3) is 0 Å². The lowest BCUT2D eigenvalue weighted by Gasteiger charge is -2.32. The molecule has 0 radical (unpaired) electrons. The molecule has 104 valence electrons. The van der Waals surface area contributed by atoms with Crippen LogP contribution in [0.1, 0.15) is 5.56 Å². The lowest BCUT2D eigenvalue weighted by Crippen LogP contribution is -2.48. The molecule has 1 aliphatic heterocycles. The first kappa shape index (κ1) is 13.8. The zero-order chi connectivity index (χ0) is 13.7. The highest BCUT2D eigenvalue weighted by Crippen LogP contribution is 2.13. The number of benzene rings is 1. The molecule has 0 spiro atoms. The summed E-state index contributed by atoms with van der Waals surface area (Å²) in [6, 6.07) is 8.13. The van der Waals surface area contributed by atoms with Crippen LogP contribution in [0.25, 0.3) is 0 Å². The van der Waals surface area contributed by atoms with Crippen LogP contribution >= 0.6 is 0 Å². The topological polar surface area (TPSA) is 71.6 Å². The molecule has 2 rings (SSSR count). The molecular formula is C14H21N3O2. The summed E-state index contributed by atoms with van der Waals surface area (Å²) in [4.78, 5) is 2.29. The molecule has 1 heterocycles. The van der Waals surface area contributed by atoms with Crippen molar-refractivity contribution in [2.75, 3.05) is 33.4 Å². The maximum atomic E-state index is 7.43. The molecule has 19 heavy (non-hydrogen) atoms. The van der Waals surface area contributed by atoms with E-state index in [1.54, 1.807) is 7.11 Å². The standard InChI is InChI=1S/C14H21N3O2/c1-18-12-4-2-11(3-5-12)6-7-17-8-9-19-13(10-17)14(15)16/h2-5,13H,6-10H2,1H3,(H3,15,16). The Labute approximate surface area is 113 Å². The Morgan fingerprint density at radius 2 is 2.21 bits per heavy atom. The van der Waals surface area contributed by atoms with E-state index in [1.165, 1.54) is 5.56 Å². The largest absolute Gasteiger partial charge is 0.497 e. The SMILES string of the molecule is COc1ccc(CCN2CCOC(C(=N)N)C2)cc1. The summed E-state index contributed by atoms with van der Waals surface area (Å²) in [5.41, 5.74) is 6.77. The summed E-state index contributed by atoms with van der Waals surface area (Å²) in [7, 11) is 1.67. The molecule has 1 saturated heterocycles. The van der Waals surface area contributed by atoms with Gasteiger partial charge in [0.2, 0.25) is 0 Å². The molecule has 5 nitrogen and oxygen atoms in total. The number of morpholine rings is 1. The molecular weight excluding hydrogens is 242 g/mol. The van der Waals surface area contributed by atoms with Gasteiger partial charge in [0.15, 0.2) is 0 Å². The average molecular weight is 263 g/mol. The molecule has 0 aliphatic carbocycles. The Morgan fingerprint density at radius 3 is 2.84 bits per heavy atom. The van der Waals surface area contributed by atoms with E-state index in [4.69, 9.17) is 20.6 Å². The van der Waals surface area contributed by atoms with Gasteiger partial charge in [0.1, 0.15) is 17.7 Å². The molecule has 0 amide bonds. The average Bonchev–Trinajstić information content (AvgIpc) is 2.46. The van der Waals surface area contributed by atoms with Crippen molar-refractivity contribution in [3.63, 3.8) is 0 Å². The van der Waals surface area contributed by atoms with E-state index < -0.39 is 0 Å². The van der Waals surface area contributed by atoms with Crippen molar-refractivity contribution < 1.29 is 9.47 Å². The molecule has 5 heteroatoms. The lowest BCUT2D eigenvalue weighted by atomic mass is 10.1. The van der Waals surface area contributed by atoms with Crippen molar-refractivity contribution in [1.29, 1.82) is 5.41 Å². The lowest BCUT2D eigenvalue weighted by molar-refractivity contribution is 0.00617. The molecule has 1 aliphatic rings. The van der Waals surface area contributed by atoms with E-state index in [0.717, 1.165) is 25.3 Å². The third-order valence-electron chi connectivity index (χ3n) is 3.37. The number of methoxy groups -OCH3 is 1. The quantitative estimate of drug-likeness (QED) is 0.611. The number of hydrogen-bond acceptors (Lipinski definition) is 4. The minimum absolute atomic E-state index is 0.120. The Bertz CT molecular complexity index is 419. The number of nitrogens with two attached hydrogens (primary N) is 1. The van der Waals surface area contributed by atoms with E-state index in [-0.39, 0.29) is 11.9 Å². The Kier molecular flexibility index (Phi) is 4.76. The first-order chi connectivity index (χ1) is 9.19. The first-order valence-corrected chi connectivity index (χ1v) is 6.50.